The Hall–Kier alpha value is -3.07. The summed E-state index contributed by atoms with van der Waals surface area (Å²) >= 11 is 12.4. The smallest absolute Gasteiger partial charge is 0.338 e. The molecule has 2 aromatic rings. The molecule has 0 radical (unpaired) electrons. The quantitative estimate of drug-likeness (QED) is 0.469. The molecule has 2 aliphatic rings. The fourth-order valence-corrected chi connectivity index (χ4v) is 5.33. The van der Waals surface area contributed by atoms with Crippen molar-refractivity contribution in [1.82, 2.24) is 20.0 Å². The predicted molar refractivity (Wildman–Crippen MR) is 152 cm³/mol. The summed E-state index contributed by atoms with van der Waals surface area (Å²) in [6.07, 6.45) is 0.772. The molecule has 1 atom stereocenters. The summed E-state index contributed by atoms with van der Waals surface area (Å²) in [4.78, 5) is 45.3. The van der Waals surface area contributed by atoms with Crippen molar-refractivity contribution < 1.29 is 19.1 Å². The standard InChI is InChI=1S/C29H34Cl2N4O4/c1-4-35-24(18-33-13-6-14-34(16-15-33)27(36)20-9-7-19(3)8-10-20)25(28(37)39-5-2)26(32-29(35)38)21-11-12-22(30)23(31)17-21/h7-12,17,26H,4-6,13-16,18H2,1-3H3,(H,32,38). The number of esters is 1. The number of urea groups is 1. The first-order valence-electron chi connectivity index (χ1n) is 13.2. The summed E-state index contributed by atoms with van der Waals surface area (Å²) in [7, 11) is 0. The van der Waals surface area contributed by atoms with Crippen LogP contribution >= 0.6 is 23.2 Å². The lowest BCUT2D eigenvalue weighted by Gasteiger charge is -2.38. The SMILES string of the molecule is CCOC(=O)C1=C(CN2CCCN(C(=O)c3ccc(C)cc3)CC2)N(CC)C(=O)NC1c1ccc(Cl)c(Cl)c1. The minimum atomic E-state index is -0.740. The normalized spacial score (nSPS) is 18.6. The molecule has 208 valence electrons. The Labute approximate surface area is 239 Å². The highest BCUT2D eigenvalue weighted by atomic mass is 35.5. The zero-order valence-electron chi connectivity index (χ0n) is 22.5. The van der Waals surface area contributed by atoms with Gasteiger partial charge in [0.05, 0.1) is 28.3 Å². The second-order valence-corrected chi connectivity index (χ2v) is 10.5. The highest BCUT2D eigenvalue weighted by molar-refractivity contribution is 6.42. The number of likely N-dealkylation sites (N-methyl/N-ethyl adjacent to an activating group) is 1. The third-order valence-electron chi connectivity index (χ3n) is 7.07. The van der Waals surface area contributed by atoms with E-state index in [-0.39, 0.29) is 18.5 Å². The maximum Gasteiger partial charge on any atom is 0.338 e. The van der Waals surface area contributed by atoms with Crippen LogP contribution in [-0.2, 0) is 9.53 Å². The van der Waals surface area contributed by atoms with E-state index in [1.807, 2.05) is 43.0 Å². The van der Waals surface area contributed by atoms with Gasteiger partial charge in [-0.05, 0) is 57.0 Å². The average Bonchev–Trinajstić information content (AvgIpc) is 3.16. The van der Waals surface area contributed by atoms with Gasteiger partial charge in [-0.2, -0.15) is 0 Å². The molecule has 0 spiro atoms. The largest absolute Gasteiger partial charge is 0.463 e. The number of carbonyl (C=O) groups excluding carboxylic acids is 3. The topological polar surface area (TPSA) is 82.2 Å². The molecular weight excluding hydrogens is 539 g/mol. The summed E-state index contributed by atoms with van der Waals surface area (Å²) in [5, 5.41) is 3.66. The fourth-order valence-electron chi connectivity index (χ4n) is 5.02. The van der Waals surface area contributed by atoms with Gasteiger partial charge in [-0.3, -0.25) is 14.6 Å². The molecule has 1 unspecified atom stereocenters. The van der Waals surface area contributed by atoms with Gasteiger partial charge in [-0.1, -0.05) is 47.0 Å². The molecule has 8 nitrogen and oxygen atoms in total. The fraction of sp³-hybridized carbons (Fsp3) is 0.414. The number of aryl methyl sites for hydroxylation is 1. The Bertz CT molecular complexity index is 1260. The molecular formula is C29H34Cl2N4O4. The van der Waals surface area contributed by atoms with Crippen molar-refractivity contribution in [1.29, 1.82) is 0 Å². The van der Waals surface area contributed by atoms with Crippen molar-refractivity contribution in [3.63, 3.8) is 0 Å². The number of amides is 3. The lowest BCUT2D eigenvalue weighted by atomic mass is 9.94. The van der Waals surface area contributed by atoms with Gasteiger partial charge in [0.15, 0.2) is 0 Å². The second kappa shape index (κ2) is 12.9. The first-order chi connectivity index (χ1) is 18.7. The van der Waals surface area contributed by atoms with E-state index in [9.17, 15) is 14.4 Å². The number of hydrogen-bond acceptors (Lipinski definition) is 5. The summed E-state index contributed by atoms with van der Waals surface area (Å²) in [5.41, 5.74) is 3.38. The third-order valence-corrected chi connectivity index (χ3v) is 7.81. The minimum Gasteiger partial charge on any atom is -0.463 e. The van der Waals surface area contributed by atoms with Crippen LogP contribution < -0.4 is 5.32 Å². The number of ether oxygens (including phenoxy) is 1. The van der Waals surface area contributed by atoms with Gasteiger partial charge in [-0.25, -0.2) is 9.59 Å². The van der Waals surface area contributed by atoms with Crippen molar-refractivity contribution in [3.05, 3.63) is 80.5 Å². The van der Waals surface area contributed by atoms with Crippen molar-refractivity contribution in [2.75, 3.05) is 45.9 Å². The number of nitrogens with one attached hydrogen (secondary N) is 1. The van der Waals surface area contributed by atoms with Gasteiger partial charge in [0, 0.05) is 50.5 Å². The third kappa shape index (κ3) is 6.57. The maximum absolute atomic E-state index is 13.4. The van der Waals surface area contributed by atoms with E-state index in [4.69, 9.17) is 27.9 Å². The van der Waals surface area contributed by atoms with Crippen molar-refractivity contribution in [2.45, 2.75) is 33.2 Å². The molecule has 1 N–H and O–H groups in total. The highest BCUT2D eigenvalue weighted by Crippen LogP contribution is 2.35. The number of rotatable bonds is 7. The van der Waals surface area contributed by atoms with E-state index in [0.29, 0.717) is 71.7 Å². The molecule has 0 aromatic heterocycles. The monoisotopic (exact) mass is 572 g/mol. The van der Waals surface area contributed by atoms with Crippen LogP contribution in [0.4, 0.5) is 4.79 Å². The average molecular weight is 574 g/mol. The van der Waals surface area contributed by atoms with Crippen LogP contribution in [0.15, 0.2) is 53.7 Å². The molecule has 1 saturated heterocycles. The van der Waals surface area contributed by atoms with Gasteiger partial charge in [0.2, 0.25) is 0 Å². The van der Waals surface area contributed by atoms with E-state index in [2.05, 4.69) is 10.2 Å². The maximum atomic E-state index is 13.4. The molecule has 0 aliphatic carbocycles. The molecule has 2 heterocycles. The summed E-state index contributed by atoms with van der Waals surface area (Å²) < 4.78 is 5.46. The first kappa shape index (κ1) is 28.9. The number of hydrogen-bond donors (Lipinski definition) is 1. The zero-order chi connectivity index (χ0) is 28.1. The molecule has 2 aliphatic heterocycles. The molecule has 39 heavy (non-hydrogen) atoms. The number of benzene rings is 2. The molecule has 4 rings (SSSR count). The first-order valence-corrected chi connectivity index (χ1v) is 14.0. The van der Waals surface area contributed by atoms with Crippen LogP contribution in [0.3, 0.4) is 0 Å². The van der Waals surface area contributed by atoms with E-state index in [1.54, 1.807) is 30.0 Å². The van der Waals surface area contributed by atoms with Crippen LogP contribution in [0, 0.1) is 6.92 Å². The van der Waals surface area contributed by atoms with Gasteiger partial charge >= 0.3 is 12.0 Å². The Balaban J connectivity index is 1.63. The zero-order valence-corrected chi connectivity index (χ0v) is 24.0. The molecule has 1 fully saturated rings. The second-order valence-electron chi connectivity index (χ2n) is 9.67. The molecule has 10 heteroatoms. The van der Waals surface area contributed by atoms with Crippen molar-refractivity contribution in [2.24, 2.45) is 0 Å². The van der Waals surface area contributed by atoms with Crippen LogP contribution in [-0.4, -0.2) is 78.5 Å². The number of halogens is 2. The minimum absolute atomic E-state index is 0.00943. The molecule has 3 amide bonds. The van der Waals surface area contributed by atoms with Crippen LogP contribution in [0.25, 0.3) is 0 Å². The van der Waals surface area contributed by atoms with Crippen LogP contribution in [0.1, 0.15) is 47.8 Å². The molecule has 0 bridgehead atoms. The predicted octanol–water partition coefficient (Wildman–Crippen LogP) is 5.05. The van der Waals surface area contributed by atoms with E-state index in [1.165, 1.54) is 0 Å². The van der Waals surface area contributed by atoms with Gasteiger partial charge < -0.3 is 15.0 Å². The van der Waals surface area contributed by atoms with Gasteiger partial charge in [0.25, 0.3) is 5.91 Å². The Kier molecular flexibility index (Phi) is 9.53. The summed E-state index contributed by atoms with van der Waals surface area (Å²) in [6.45, 7) is 9.05. The van der Waals surface area contributed by atoms with Crippen molar-refractivity contribution in [3.8, 4) is 0 Å². The lowest BCUT2D eigenvalue weighted by molar-refractivity contribution is -0.139. The van der Waals surface area contributed by atoms with Crippen LogP contribution in [0.5, 0.6) is 0 Å². The Morgan fingerprint density at radius 1 is 1.00 bits per heavy atom. The van der Waals surface area contributed by atoms with Gasteiger partial charge in [-0.15, -0.1) is 0 Å². The van der Waals surface area contributed by atoms with Crippen molar-refractivity contribution >= 4 is 41.1 Å². The van der Waals surface area contributed by atoms with E-state index < -0.39 is 12.0 Å². The van der Waals surface area contributed by atoms with Crippen LogP contribution in [0.2, 0.25) is 10.0 Å². The number of carbonyl (C=O) groups is 3. The Morgan fingerprint density at radius 3 is 2.41 bits per heavy atom. The van der Waals surface area contributed by atoms with E-state index >= 15 is 0 Å². The molecule has 2 aromatic carbocycles. The van der Waals surface area contributed by atoms with Gasteiger partial charge in [0.1, 0.15) is 0 Å². The summed E-state index contributed by atoms with van der Waals surface area (Å²) in [5.74, 6) is -0.483. The molecule has 0 saturated carbocycles. The lowest BCUT2D eigenvalue weighted by Crippen LogP contribution is -2.51. The van der Waals surface area contributed by atoms with E-state index in [0.717, 1.165) is 12.0 Å². The summed E-state index contributed by atoms with van der Waals surface area (Å²) in [6, 6.07) is 11.6. The Morgan fingerprint density at radius 2 is 1.74 bits per heavy atom. The highest BCUT2D eigenvalue weighted by Gasteiger charge is 2.38. The number of nitrogens with zero attached hydrogens (tertiary/aromatic N) is 3.